The average molecular weight is 270 g/mol. The molecule has 0 aliphatic rings. The summed E-state index contributed by atoms with van der Waals surface area (Å²) in [4.78, 5) is 17.1. The smallest absolute Gasteiger partial charge is 0.234 e. The number of nitrogens with zero attached hydrogens (tertiary/aromatic N) is 2. The molecule has 3 rings (SSSR count). The predicted octanol–water partition coefficient (Wildman–Crippen LogP) is 3.22. The minimum absolute atomic E-state index is 0.0259. The number of thiophene rings is 1. The van der Waals surface area contributed by atoms with Gasteiger partial charge < -0.3 is 4.52 Å². The van der Waals surface area contributed by atoms with Crippen molar-refractivity contribution in [3.05, 3.63) is 59.3 Å². The molecular weight excluding hydrogens is 260 g/mol. The fourth-order valence-corrected chi connectivity index (χ4v) is 2.35. The third kappa shape index (κ3) is 2.61. The van der Waals surface area contributed by atoms with Gasteiger partial charge in [-0.15, -0.1) is 11.3 Å². The maximum absolute atomic E-state index is 12.0. The van der Waals surface area contributed by atoms with Crippen molar-refractivity contribution in [3.8, 4) is 10.7 Å². The van der Waals surface area contributed by atoms with Crippen LogP contribution in [0.3, 0.4) is 0 Å². The summed E-state index contributed by atoms with van der Waals surface area (Å²) in [6, 6.07) is 12.9. The first-order valence-electron chi connectivity index (χ1n) is 5.77. The first-order valence-corrected chi connectivity index (χ1v) is 6.65. The van der Waals surface area contributed by atoms with Crippen LogP contribution in [0, 0.1) is 0 Å². The Morgan fingerprint density at radius 2 is 2.00 bits per heavy atom. The zero-order chi connectivity index (χ0) is 13.1. The molecule has 0 amide bonds. The topological polar surface area (TPSA) is 56.0 Å². The zero-order valence-electron chi connectivity index (χ0n) is 9.95. The first-order chi connectivity index (χ1) is 9.33. The van der Waals surface area contributed by atoms with Crippen molar-refractivity contribution in [1.29, 1.82) is 0 Å². The SMILES string of the molecule is O=C(Cc1nc(-c2cccs2)no1)c1ccccc1. The lowest BCUT2D eigenvalue weighted by Crippen LogP contribution is -2.03. The van der Waals surface area contributed by atoms with E-state index in [0.717, 1.165) is 4.88 Å². The number of carbonyl (C=O) groups excluding carboxylic acids is 1. The molecule has 0 aliphatic carbocycles. The lowest BCUT2D eigenvalue weighted by molar-refractivity contribution is 0.0983. The fraction of sp³-hybridized carbons (Fsp3) is 0.0714. The monoisotopic (exact) mass is 270 g/mol. The second-order valence-corrected chi connectivity index (χ2v) is 4.90. The molecule has 5 heteroatoms. The molecule has 0 spiro atoms. The number of hydrogen-bond acceptors (Lipinski definition) is 5. The highest BCUT2D eigenvalue weighted by Gasteiger charge is 2.14. The Morgan fingerprint density at radius 3 is 2.74 bits per heavy atom. The molecular formula is C14H10N2O2S. The molecule has 2 aromatic heterocycles. The van der Waals surface area contributed by atoms with Crippen LogP contribution in [-0.4, -0.2) is 15.9 Å². The van der Waals surface area contributed by atoms with Gasteiger partial charge in [-0.1, -0.05) is 41.6 Å². The summed E-state index contributed by atoms with van der Waals surface area (Å²) in [5.74, 6) is 0.852. The molecule has 0 atom stereocenters. The van der Waals surface area contributed by atoms with Gasteiger partial charge in [0, 0.05) is 5.56 Å². The van der Waals surface area contributed by atoms with Gasteiger partial charge in [-0.2, -0.15) is 4.98 Å². The molecule has 4 nitrogen and oxygen atoms in total. The van der Waals surface area contributed by atoms with Crippen LogP contribution in [0.25, 0.3) is 10.7 Å². The molecule has 19 heavy (non-hydrogen) atoms. The summed E-state index contributed by atoms with van der Waals surface area (Å²) in [6.07, 6.45) is 0.127. The van der Waals surface area contributed by atoms with Crippen molar-refractivity contribution in [2.24, 2.45) is 0 Å². The van der Waals surface area contributed by atoms with Crippen molar-refractivity contribution >= 4 is 17.1 Å². The zero-order valence-corrected chi connectivity index (χ0v) is 10.8. The molecule has 2 heterocycles. The minimum atomic E-state index is -0.0259. The van der Waals surface area contributed by atoms with Crippen LogP contribution < -0.4 is 0 Å². The Bertz CT molecular complexity index is 675. The Morgan fingerprint density at radius 1 is 1.16 bits per heavy atom. The van der Waals surface area contributed by atoms with Crippen molar-refractivity contribution in [2.75, 3.05) is 0 Å². The Labute approximate surface area is 113 Å². The first kappa shape index (κ1) is 11.8. The van der Waals surface area contributed by atoms with Gasteiger partial charge in [0.2, 0.25) is 11.7 Å². The number of Topliss-reactive ketones (excluding diaryl/α,β-unsaturated/α-hetero) is 1. The maximum Gasteiger partial charge on any atom is 0.234 e. The van der Waals surface area contributed by atoms with Crippen LogP contribution in [0.5, 0.6) is 0 Å². The lowest BCUT2D eigenvalue weighted by Gasteiger charge is -1.95. The van der Waals surface area contributed by atoms with Gasteiger partial charge in [-0.05, 0) is 11.4 Å². The van der Waals surface area contributed by atoms with E-state index in [0.29, 0.717) is 17.3 Å². The van der Waals surface area contributed by atoms with E-state index in [1.807, 2.05) is 35.7 Å². The maximum atomic E-state index is 12.0. The Hall–Kier alpha value is -2.27. The molecule has 0 aliphatic heterocycles. The normalized spacial score (nSPS) is 10.5. The number of aromatic nitrogens is 2. The van der Waals surface area contributed by atoms with E-state index < -0.39 is 0 Å². The molecule has 0 unspecified atom stereocenters. The van der Waals surface area contributed by atoms with Gasteiger partial charge in [-0.25, -0.2) is 0 Å². The van der Waals surface area contributed by atoms with Crippen LogP contribution in [0.1, 0.15) is 16.2 Å². The standard InChI is InChI=1S/C14H10N2O2S/c17-11(10-5-2-1-3-6-10)9-13-15-14(16-18-13)12-7-4-8-19-12/h1-8H,9H2. The Balaban J connectivity index is 1.76. The summed E-state index contributed by atoms with van der Waals surface area (Å²) in [5.41, 5.74) is 0.651. The summed E-state index contributed by atoms with van der Waals surface area (Å²) < 4.78 is 5.11. The van der Waals surface area contributed by atoms with Crippen LogP contribution in [0.2, 0.25) is 0 Å². The van der Waals surface area contributed by atoms with Gasteiger partial charge in [0.1, 0.15) is 0 Å². The number of rotatable bonds is 4. The number of hydrogen-bond donors (Lipinski definition) is 0. The van der Waals surface area contributed by atoms with E-state index in [-0.39, 0.29) is 12.2 Å². The van der Waals surface area contributed by atoms with Crippen LogP contribution >= 0.6 is 11.3 Å². The van der Waals surface area contributed by atoms with Crippen LogP contribution in [0.15, 0.2) is 52.4 Å². The average Bonchev–Trinajstić information content (AvgIpc) is 3.10. The number of carbonyl (C=O) groups is 1. The molecule has 0 saturated carbocycles. The van der Waals surface area contributed by atoms with Crippen molar-refractivity contribution in [2.45, 2.75) is 6.42 Å². The largest absolute Gasteiger partial charge is 0.338 e. The van der Waals surface area contributed by atoms with E-state index in [1.54, 1.807) is 12.1 Å². The van der Waals surface area contributed by atoms with E-state index in [2.05, 4.69) is 10.1 Å². The Kier molecular flexibility index (Phi) is 3.20. The van der Waals surface area contributed by atoms with Gasteiger partial charge in [-0.3, -0.25) is 4.79 Å². The third-order valence-electron chi connectivity index (χ3n) is 2.62. The molecule has 94 valence electrons. The van der Waals surface area contributed by atoms with E-state index in [9.17, 15) is 4.79 Å². The van der Waals surface area contributed by atoms with Gasteiger partial charge in [0.25, 0.3) is 0 Å². The predicted molar refractivity (Wildman–Crippen MR) is 72.1 cm³/mol. The highest BCUT2D eigenvalue weighted by atomic mass is 32.1. The van der Waals surface area contributed by atoms with Crippen molar-refractivity contribution < 1.29 is 9.32 Å². The summed E-state index contributed by atoms with van der Waals surface area (Å²) >= 11 is 1.53. The van der Waals surface area contributed by atoms with Crippen molar-refractivity contribution in [3.63, 3.8) is 0 Å². The second kappa shape index (κ2) is 5.16. The van der Waals surface area contributed by atoms with Gasteiger partial charge >= 0.3 is 0 Å². The summed E-state index contributed by atoms with van der Waals surface area (Å²) in [6.45, 7) is 0. The molecule has 0 radical (unpaired) electrons. The fourth-order valence-electron chi connectivity index (χ4n) is 1.70. The van der Waals surface area contributed by atoms with Crippen LogP contribution in [0.4, 0.5) is 0 Å². The van der Waals surface area contributed by atoms with E-state index in [1.165, 1.54) is 11.3 Å². The number of ketones is 1. The van der Waals surface area contributed by atoms with E-state index >= 15 is 0 Å². The molecule has 0 bridgehead atoms. The second-order valence-electron chi connectivity index (χ2n) is 3.96. The highest BCUT2D eigenvalue weighted by molar-refractivity contribution is 7.13. The van der Waals surface area contributed by atoms with Crippen molar-refractivity contribution in [1.82, 2.24) is 10.1 Å². The molecule has 0 N–H and O–H groups in total. The number of benzene rings is 1. The third-order valence-corrected chi connectivity index (χ3v) is 3.48. The molecule has 1 aromatic carbocycles. The lowest BCUT2D eigenvalue weighted by atomic mass is 10.1. The van der Waals surface area contributed by atoms with Crippen LogP contribution in [-0.2, 0) is 6.42 Å². The molecule has 0 saturated heterocycles. The van der Waals surface area contributed by atoms with Gasteiger partial charge in [0.15, 0.2) is 5.78 Å². The molecule has 0 fully saturated rings. The van der Waals surface area contributed by atoms with E-state index in [4.69, 9.17) is 4.52 Å². The quantitative estimate of drug-likeness (QED) is 0.683. The van der Waals surface area contributed by atoms with Gasteiger partial charge in [0.05, 0.1) is 11.3 Å². The summed E-state index contributed by atoms with van der Waals surface area (Å²) in [5, 5.41) is 5.82. The molecule has 3 aromatic rings. The highest BCUT2D eigenvalue weighted by Crippen LogP contribution is 2.21. The summed E-state index contributed by atoms with van der Waals surface area (Å²) in [7, 11) is 0. The minimum Gasteiger partial charge on any atom is -0.338 e.